The number of likely N-dealkylation sites (N-methyl/N-ethyl adjacent to an activating group) is 1. The van der Waals surface area contributed by atoms with Crippen molar-refractivity contribution in [3.8, 4) is 0 Å². The van der Waals surface area contributed by atoms with Crippen LogP contribution < -0.4 is 5.32 Å². The fourth-order valence-electron chi connectivity index (χ4n) is 2.47. The topological polar surface area (TPSA) is 30.9 Å². The van der Waals surface area contributed by atoms with Crippen molar-refractivity contribution in [2.75, 3.05) is 40.8 Å². The van der Waals surface area contributed by atoms with E-state index in [9.17, 15) is 0 Å². The molecule has 114 valence electrons. The first kappa shape index (κ1) is 17.7. The number of hydrogen-bond donors (Lipinski definition) is 1. The minimum absolute atomic E-state index is 0. The predicted molar refractivity (Wildman–Crippen MR) is 98.3 cm³/mol. The third-order valence-electron chi connectivity index (χ3n) is 3.57. The molecule has 0 aromatic carbocycles. The van der Waals surface area contributed by atoms with Gasteiger partial charge in [0.25, 0.3) is 0 Å². The zero-order valence-corrected chi connectivity index (χ0v) is 15.6. The molecule has 2 rings (SSSR count). The molecule has 1 aliphatic heterocycles. The summed E-state index contributed by atoms with van der Waals surface area (Å²) >= 11 is 1.82. The van der Waals surface area contributed by atoms with Crippen molar-refractivity contribution in [2.24, 2.45) is 4.99 Å². The van der Waals surface area contributed by atoms with Gasteiger partial charge in [0.1, 0.15) is 0 Å². The highest BCUT2D eigenvalue weighted by molar-refractivity contribution is 14.0. The summed E-state index contributed by atoms with van der Waals surface area (Å²) in [6, 6.07) is 4.72. The molecule has 0 radical (unpaired) electrons. The lowest BCUT2D eigenvalue weighted by Crippen LogP contribution is -2.43. The maximum absolute atomic E-state index is 4.40. The van der Waals surface area contributed by atoms with E-state index in [0.29, 0.717) is 6.04 Å². The van der Waals surface area contributed by atoms with E-state index in [-0.39, 0.29) is 24.0 Å². The number of nitrogens with one attached hydrogen (secondary N) is 1. The van der Waals surface area contributed by atoms with Crippen LogP contribution in [0.2, 0.25) is 0 Å². The fraction of sp³-hybridized carbons (Fsp3) is 0.643. The normalized spacial score (nSPS) is 17.2. The van der Waals surface area contributed by atoms with Crippen LogP contribution >= 0.6 is 35.3 Å². The van der Waals surface area contributed by atoms with Crippen LogP contribution in [0.5, 0.6) is 0 Å². The van der Waals surface area contributed by atoms with Gasteiger partial charge in [-0.1, -0.05) is 6.07 Å². The second-order valence-electron chi connectivity index (χ2n) is 5.12. The van der Waals surface area contributed by atoms with Crippen LogP contribution in [-0.2, 0) is 0 Å². The smallest absolute Gasteiger partial charge is 0.193 e. The van der Waals surface area contributed by atoms with Gasteiger partial charge < -0.3 is 15.1 Å². The van der Waals surface area contributed by atoms with E-state index in [1.165, 1.54) is 17.7 Å². The highest BCUT2D eigenvalue weighted by Gasteiger charge is 2.19. The molecule has 0 saturated carbocycles. The summed E-state index contributed by atoms with van der Waals surface area (Å²) in [6.07, 6.45) is 2.56. The summed E-state index contributed by atoms with van der Waals surface area (Å²) in [7, 11) is 6.13. The number of likely N-dealkylation sites (tertiary alicyclic amines) is 1. The monoisotopic (exact) mass is 408 g/mol. The number of halogens is 1. The second-order valence-corrected chi connectivity index (χ2v) is 6.10. The summed E-state index contributed by atoms with van der Waals surface area (Å²) in [4.78, 5) is 10.4. The molecule has 1 fully saturated rings. The first-order chi connectivity index (χ1) is 9.22. The van der Waals surface area contributed by atoms with Crippen molar-refractivity contribution >= 4 is 41.3 Å². The number of thiophene rings is 1. The molecule has 0 bridgehead atoms. The van der Waals surface area contributed by atoms with Crippen molar-refractivity contribution in [1.29, 1.82) is 0 Å². The SMILES string of the molecule is CN=C(NCC(c1cccs1)N(C)C)N1CCCC1.I. The average molecular weight is 408 g/mol. The number of rotatable bonds is 4. The number of aliphatic imine (C=N–C) groups is 1. The average Bonchev–Trinajstić information content (AvgIpc) is 3.06. The first-order valence-electron chi connectivity index (χ1n) is 6.88. The van der Waals surface area contributed by atoms with Crippen LogP contribution in [0, 0.1) is 0 Å². The Balaban J connectivity index is 0.00000200. The molecule has 6 heteroatoms. The van der Waals surface area contributed by atoms with Crippen LogP contribution in [0.3, 0.4) is 0 Å². The summed E-state index contributed by atoms with van der Waals surface area (Å²) in [5, 5.41) is 5.66. The Kier molecular flexibility index (Phi) is 7.83. The van der Waals surface area contributed by atoms with Gasteiger partial charge in [-0.05, 0) is 38.4 Å². The largest absolute Gasteiger partial charge is 0.354 e. The van der Waals surface area contributed by atoms with Gasteiger partial charge in [0.15, 0.2) is 5.96 Å². The fourth-order valence-corrected chi connectivity index (χ4v) is 3.39. The van der Waals surface area contributed by atoms with Gasteiger partial charge in [-0.2, -0.15) is 0 Å². The van der Waals surface area contributed by atoms with E-state index in [1.807, 2.05) is 18.4 Å². The molecule has 1 unspecified atom stereocenters. The summed E-state index contributed by atoms with van der Waals surface area (Å²) in [5.41, 5.74) is 0. The molecule has 0 amide bonds. The van der Waals surface area contributed by atoms with Gasteiger partial charge in [-0.15, -0.1) is 35.3 Å². The molecular formula is C14H25IN4S. The van der Waals surface area contributed by atoms with Crippen molar-refractivity contribution in [3.05, 3.63) is 22.4 Å². The Hall–Kier alpha value is -0.340. The highest BCUT2D eigenvalue weighted by atomic mass is 127. The van der Waals surface area contributed by atoms with Crippen LogP contribution in [-0.4, -0.2) is 56.5 Å². The lowest BCUT2D eigenvalue weighted by atomic mass is 10.2. The first-order valence-corrected chi connectivity index (χ1v) is 7.75. The zero-order valence-electron chi connectivity index (χ0n) is 12.5. The summed E-state index contributed by atoms with van der Waals surface area (Å²) in [5.74, 6) is 1.04. The van der Waals surface area contributed by atoms with Gasteiger partial charge in [0, 0.05) is 31.6 Å². The zero-order chi connectivity index (χ0) is 13.7. The van der Waals surface area contributed by atoms with Crippen molar-refractivity contribution in [2.45, 2.75) is 18.9 Å². The molecule has 1 aliphatic rings. The van der Waals surface area contributed by atoms with E-state index in [1.54, 1.807) is 0 Å². The molecule has 1 N–H and O–H groups in total. The van der Waals surface area contributed by atoms with Gasteiger partial charge in [-0.3, -0.25) is 4.99 Å². The van der Waals surface area contributed by atoms with Crippen molar-refractivity contribution in [1.82, 2.24) is 15.1 Å². The van der Waals surface area contributed by atoms with E-state index < -0.39 is 0 Å². The molecule has 0 spiro atoms. The minimum atomic E-state index is 0. The standard InChI is InChI=1S/C14H24N4S.HI/c1-15-14(18-8-4-5-9-18)16-11-12(17(2)3)13-7-6-10-19-13;/h6-7,10,12H,4-5,8-9,11H2,1-3H3,(H,15,16);1H. The number of nitrogens with zero attached hydrogens (tertiary/aromatic N) is 3. The van der Waals surface area contributed by atoms with Crippen LogP contribution in [0.25, 0.3) is 0 Å². The molecule has 20 heavy (non-hydrogen) atoms. The summed E-state index contributed by atoms with van der Waals surface area (Å²) < 4.78 is 0. The van der Waals surface area contributed by atoms with Gasteiger partial charge >= 0.3 is 0 Å². The molecule has 0 aliphatic carbocycles. The molecule has 4 nitrogen and oxygen atoms in total. The van der Waals surface area contributed by atoms with Crippen LogP contribution in [0.15, 0.2) is 22.5 Å². The van der Waals surface area contributed by atoms with Gasteiger partial charge in [0.05, 0.1) is 6.04 Å². The molecule has 1 atom stereocenters. The number of guanidine groups is 1. The van der Waals surface area contributed by atoms with Crippen LogP contribution in [0.4, 0.5) is 0 Å². The highest BCUT2D eigenvalue weighted by Crippen LogP contribution is 2.22. The lowest BCUT2D eigenvalue weighted by Gasteiger charge is -2.27. The van der Waals surface area contributed by atoms with Crippen molar-refractivity contribution < 1.29 is 0 Å². The Morgan fingerprint density at radius 3 is 2.65 bits per heavy atom. The molecule has 1 aromatic rings. The molecule has 2 heterocycles. The van der Waals surface area contributed by atoms with Gasteiger partial charge in [0.2, 0.25) is 0 Å². The van der Waals surface area contributed by atoms with E-state index in [2.05, 4.69) is 51.7 Å². The quantitative estimate of drug-likeness (QED) is 0.472. The Morgan fingerprint density at radius 1 is 1.45 bits per heavy atom. The number of hydrogen-bond acceptors (Lipinski definition) is 3. The van der Waals surface area contributed by atoms with Crippen LogP contribution in [0.1, 0.15) is 23.8 Å². The lowest BCUT2D eigenvalue weighted by molar-refractivity contribution is 0.299. The Labute approximate surface area is 143 Å². The maximum Gasteiger partial charge on any atom is 0.193 e. The Bertz CT molecular complexity index is 399. The van der Waals surface area contributed by atoms with E-state index in [0.717, 1.165) is 25.6 Å². The predicted octanol–water partition coefficient (Wildman–Crippen LogP) is 2.64. The Morgan fingerprint density at radius 2 is 2.15 bits per heavy atom. The van der Waals surface area contributed by atoms with E-state index >= 15 is 0 Å². The van der Waals surface area contributed by atoms with E-state index in [4.69, 9.17) is 0 Å². The summed E-state index contributed by atoms with van der Waals surface area (Å²) in [6.45, 7) is 3.16. The van der Waals surface area contributed by atoms with Gasteiger partial charge in [-0.25, -0.2) is 0 Å². The van der Waals surface area contributed by atoms with Crippen molar-refractivity contribution in [3.63, 3.8) is 0 Å². The maximum atomic E-state index is 4.40. The molecular weight excluding hydrogens is 383 g/mol. The molecule has 1 saturated heterocycles. The second kappa shape index (κ2) is 8.84. The third kappa shape index (κ3) is 4.60. The third-order valence-corrected chi connectivity index (χ3v) is 4.54. The minimum Gasteiger partial charge on any atom is -0.354 e. The molecule has 1 aromatic heterocycles.